The highest BCUT2D eigenvalue weighted by molar-refractivity contribution is 6.00. The van der Waals surface area contributed by atoms with Crippen molar-refractivity contribution in [1.82, 2.24) is 5.32 Å². The lowest BCUT2D eigenvalue weighted by atomic mass is 9.54. The number of hydrogen-bond acceptors (Lipinski definition) is 7. The summed E-state index contributed by atoms with van der Waals surface area (Å²) in [4.78, 5) is 0. The molecule has 1 fully saturated rings. The van der Waals surface area contributed by atoms with Gasteiger partial charge in [-0.05, 0) is 37.1 Å². The van der Waals surface area contributed by atoms with Gasteiger partial charge in [0, 0.05) is 24.9 Å². The third-order valence-corrected chi connectivity index (χ3v) is 5.60. The topological polar surface area (TPSA) is 126 Å². The number of hydrogen-bond donors (Lipinski definition) is 2. The molecule has 148 valence electrons. The van der Waals surface area contributed by atoms with Gasteiger partial charge in [-0.25, -0.2) is 0 Å². The lowest BCUT2D eigenvalue weighted by Crippen LogP contribution is -2.52. The van der Waals surface area contributed by atoms with Crippen molar-refractivity contribution in [2.24, 2.45) is 17.3 Å². The summed E-state index contributed by atoms with van der Waals surface area (Å²) < 4.78 is 11.4. The minimum atomic E-state index is -1.72. The van der Waals surface area contributed by atoms with Crippen LogP contribution in [0.1, 0.15) is 25.3 Å². The summed E-state index contributed by atoms with van der Waals surface area (Å²) >= 11 is 0. The zero-order chi connectivity index (χ0) is 21.0. The number of nitrogens with one attached hydrogen (secondary N) is 2. The Balaban J connectivity index is 2.21. The summed E-state index contributed by atoms with van der Waals surface area (Å²) in [7, 11) is 0. The molecule has 0 spiro atoms. The number of ether oxygens (including phenoxy) is 2. The first-order chi connectivity index (χ1) is 14.1. The van der Waals surface area contributed by atoms with Gasteiger partial charge >= 0.3 is 0 Å². The standard InChI is InChI=1S/C22H23N5O2/c1-3-28-18-6-5-14(9-19(18)29-4-2)20-17-11-27-8-7-15(17)16(10-23)21(26)22(20,12-24)13-25/h5-7,9,16-17,20,26-27H,3-4,8,11H2,1-2H3/t16-,17-,20-/m1/s1. The molecular weight excluding hydrogens is 366 g/mol. The normalized spacial score (nSPS) is 24.9. The van der Waals surface area contributed by atoms with Crippen LogP contribution in [0.2, 0.25) is 0 Å². The van der Waals surface area contributed by atoms with Crippen LogP contribution in [-0.2, 0) is 0 Å². The minimum Gasteiger partial charge on any atom is -0.490 e. The van der Waals surface area contributed by atoms with Gasteiger partial charge in [-0.2, -0.15) is 15.8 Å². The molecule has 0 bridgehead atoms. The molecule has 7 heteroatoms. The van der Waals surface area contributed by atoms with Crippen LogP contribution in [0.25, 0.3) is 0 Å². The molecule has 0 saturated heterocycles. The van der Waals surface area contributed by atoms with Crippen LogP contribution < -0.4 is 14.8 Å². The van der Waals surface area contributed by atoms with E-state index < -0.39 is 17.3 Å². The van der Waals surface area contributed by atoms with E-state index in [1.807, 2.05) is 26.0 Å². The summed E-state index contributed by atoms with van der Waals surface area (Å²) in [5, 5.41) is 41.6. The van der Waals surface area contributed by atoms with Crippen LogP contribution in [0.4, 0.5) is 0 Å². The van der Waals surface area contributed by atoms with Crippen molar-refractivity contribution in [3.05, 3.63) is 35.4 Å². The fourth-order valence-electron chi connectivity index (χ4n) is 4.37. The summed E-state index contributed by atoms with van der Waals surface area (Å²) in [5.41, 5.74) is -0.334. The molecule has 1 aliphatic carbocycles. The zero-order valence-electron chi connectivity index (χ0n) is 16.5. The highest BCUT2D eigenvalue weighted by Gasteiger charge is 2.57. The maximum atomic E-state index is 10.0. The van der Waals surface area contributed by atoms with Gasteiger partial charge in [0.15, 0.2) is 16.9 Å². The molecule has 0 amide bonds. The van der Waals surface area contributed by atoms with Crippen LogP contribution in [0, 0.1) is 56.7 Å². The molecule has 1 aliphatic heterocycles. The van der Waals surface area contributed by atoms with Gasteiger partial charge in [-0.15, -0.1) is 0 Å². The lowest BCUT2D eigenvalue weighted by molar-refractivity contribution is 0.285. The maximum Gasteiger partial charge on any atom is 0.189 e. The first-order valence-electron chi connectivity index (χ1n) is 9.69. The van der Waals surface area contributed by atoms with Gasteiger partial charge < -0.3 is 20.2 Å². The first-order valence-corrected chi connectivity index (χ1v) is 9.69. The first kappa shape index (κ1) is 20.4. The number of fused-ring (bicyclic) bond motifs is 1. The quantitative estimate of drug-likeness (QED) is 0.746. The van der Waals surface area contributed by atoms with Crippen molar-refractivity contribution >= 4 is 5.71 Å². The molecule has 1 aromatic rings. The molecule has 7 nitrogen and oxygen atoms in total. The van der Waals surface area contributed by atoms with E-state index in [1.165, 1.54) is 0 Å². The molecule has 3 atom stereocenters. The second-order valence-electron chi connectivity index (χ2n) is 7.03. The van der Waals surface area contributed by atoms with E-state index >= 15 is 0 Å². The van der Waals surface area contributed by atoms with Gasteiger partial charge in [0.1, 0.15) is 5.92 Å². The van der Waals surface area contributed by atoms with Gasteiger partial charge in [-0.3, -0.25) is 0 Å². The Hall–Kier alpha value is -3.34. The summed E-state index contributed by atoms with van der Waals surface area (Å²) in [6.07, 6.45) is 1.92. The molecule has 2 N–H and O–H groups in total. The molecule has 0 aromatic heterocycles. The van der Waals surface area contributed by atoms with Gasteiger partial charge in [0.05, 0.1) is 37.1 Å². The van der Waals surface area contributed by atoms with Gasteiger partial charge in [0.25, 0.3) is 0 Å². The smallest absolute Gasteiger partial charge is 0.189 e. The summed E-state index contributed by atoms with van der Waals surface area (Å²) in [6.45, 7) is 5.81. The largest absolute Gasteiger partial charge is 0.490 e. The Morgan fingerprint density at radius 3 is 2.45 bits per heavy atom. The maximum absolute atomic E-state index is 10.0. The fourth-order valence-corrected chi connectivity index (χ4v) is 4.37. The monoisotopic (exact) mass is 389 g/mol. The summed E-state index contributed by atoms with van der Waals surface area (Å²) in [6, 6.07) is 11.7. The fraction of sp³-hybridized carbons (Fsp3) is 0.455. The van der Waals surface area contributed by atoms with Crippen molar-refractivity contribution in [2.75, 3.05) is 26.3 Å². The van der Waals surface area contributed by atoms with Crippen LogP contribution in [0.5, 0.6) is 11.5 Å². The number of benzene rings is 1. The van der Waals surface area contributed by atoms with Crippen LogP contribution in [-0.4, -0.2) is 32.0 Å². The molecule has 0 radical (unpaired) electrons. The van der Waals surface area contributed by atoms with Crippen molar-refractivity contribution in [3.63, 3.8) is 0 Å². The Bertz CT molecular complexity index is 949. The predicted molar refractivity (Wildman–Crippen MR) is 106 cm³/mol. The zero-order valence-corrected chi connectivity index (χ0v) is 16.5. The van der Waals surface area contributed by atoms with E-state index in [2.05, 4.69) is 23.5 Å². The van der Waals surface area contributed by atoms with Crippen LogP contribution >= 0.6 is 0 Å². The number of nitrogens with zero attached hydrogens (tertiary/aromatic N) is 3. The molecule has 2 aliphatic rings. The van der Waals surface area contributed by atoms with E-state index in [1.54, 1.807) is 12.1 Å². The van der Waals surface area contributed by atoms with Crippen molar-refractivity contribution in [3.8, 4) is 29.7 Å². The molecule has 0 unspecified atom stereocenters. The molecule has 3 rings (SSSR count). The molecule has 1 aromatic carbocycles. The third kappa shape index (κ3) is 3.23. The van der Waals surface area contributed by atoms with E-state index in [4.69, 9.17) is 14.9 Å². The van der Waals surface area contributed by atoms with Crippen LogP contribution in [0.15, 0.2) is 29.8 Å². The highest BCUT2D eigenvalue weighted by Crippen LogP contribution is 2.53. The second-order valence-corrected chi connectivity index (χ2v) is 7.03. The Morgan fingerprint density at radius 2 is 1.83 bits per heavy atom. The van der Waals surface area contributed by atoms with Gasteiger partial charge in [-0.1, -0.05) is 12.1 Å². The number of nitriles is 3. The second kappa shape index (κ2) is 8.35. The van der Waals surface area contributed by atoms with Crippen LogP contribution in [0.3, 0.4) is 0 Å². The molecule has 29 heavy (non-hydrogen) atoms. The molecule has 1 saturated carbocycles. The lowest BCUT2D eigenvalue weighted by Gasteiger charge is -2.45. The van der Waals surface area contributed by atoms with Crippen molar-refractivity contribution in [2.45, 2.75) is 19.8 Å². The Kier molecular flexibility index (Phi) is 5.87. The minimum absolute atomic E-state index is 0.147. The van der Waals surface area contributed by atoms with E-state index in [-0.39, 0.29) is 11.6 Å². The average Bonchev–Trinajstić information content (AvgIpc) is 2.75. The molecular formula is C22H23N5O2. The predicted octanol–water partition coefficient (Wildman–Crippen LogP) is 2.92. The number of rotatable bonds is 5. The summed E-state index contributed by atoms with van der Waals surface area (Å²) in [5.74, 6) is -0.555. The highest BCUT2D eigenvalue weighted by atomic mass is 16.5. The van der Waals surface area contributed by atoms with Crippen molar-refractivity contribution < 1.29 is 9.47 Å². The average molecular weight is 389 g/mol. The SMILES string of the molecule is CCOc1ccc([C@@H]2[C@@H]3CNCC=C3[C@@H](C#N)C(=N)C2(C#N)C#N)cc1OCC. The van der Waals surface area contributed by atoms with E-state index in [0.29, 0.717) is 37.8 Å². The van der Waals surface area contributed by atoms with E-state index in [0.717, 1.165) is 11.1 Å². The third-order valence-electron chi connectivity index (χ3n) is 5.60. The van der Waals surface area contributed by atoms with Gasteiger partial charge in [0.2, 0.25) is 0 Å². The van der Waals surface area contributed by atoms with Crippen molar-refractivity contribution in [1.29, 1.82) is 21.2 Å². The van der Waals surface area contributed by atoms with E-state index in [9.17, 15) is 15.8 Å². The Morgan fingerprint density at radius 1 is 1.14 bits per heavy atom. The molecule has 1 heterocycles. The Labute approximate surface area is 170 Å².